The number of aliphatic hydroxyl groups is 1. The second-order valence-corrected chi connectivity index (χ2v) is 7.41. The molecule has 3 rings (SSSR count). The van der Waals surface area contributed by atoms with Crippen LogP contribution in [0.25, 0.3) is 5.57 Å². The van der Waals surface area contributed by atoms with Gasteiger partial charge in [-0.15, -0.1) is 0 Å². The highest BCUT2D eigenvalue weighted by Crippen LogP contribution is 2.34. The number of hydrogen-bond acceptors (Lipinski definition) is 5. The summed E-state index contributed by atoms with van der Waals surface area (Å²) in [6, 6.07) is 7.34. The maximum Gasteiger partial charge on any atom is 0.277 e. The fourth-order valence-electron chi connectivity index (χ4n) is 3.79. The molecule has 2 heterocycles. The molecule has 0 spiro atoms. The third-order valence-corrected chi connectivity index (χ3v) is 5.07. The number of imide groups is 1. The third kappa shape index (κ3) is 3.86. The molecule has 1 unspecified atom stereocenters. The van der Waals surface area contributed by atoms with Gasteiger partial charge in [-0.3, -0.25) is 14.5 Å². The minimum absolute atomic E-state index is 0.0691. The molecule has 0 saturated carbocycles. The first-order chi connectivity index (χ1) is 13.0. The minimum Gasteiger partial charge on any atom is -0.491 e. The average Bonchev–Trinajstić information content (AvgIpc) is 2.91. The number of nitrogens with zero attached hydrogens (tertiary/aromatic N) is 2. The molecule has 2 aliphatic rings. The Morgan fingerprint density at radius 1 is 1.19 bits per heavy atom. The Labute approximate surface area is 160 Å². The molecule has 2 amide bonds. The lowest BCUT2D eigenvalue weighted by atomic mass is 9.97. The molecular weight excluding hydrogens is 344 g/mol. The molecule has 146 valence electrons. The first kappa shape index (κ1) is 19.4. The van der Waals surface area contributed by atoms with E-state index in [1.54, 1.807) is 0 Å². The number of aliphatic hydroxyl groups excluding tert-OH is 1. The molecular formula is C21H28N2O4. The van der Waals surface area contributed by atoms with Crippen molar-refractivity contribution in [3.05, 3.63) is 35.5 Å². The van der Waals surface area contributed by atoms with Crippen molar-refractivity contribution in [2.45, 2.75) is 39.7 Å². The second kappa shape index (κ2) is 8.13. The van der Waals surface area contributed by atoms with Gasteiger partial charge in [-0.2, -0.15) is 0 Å². The Morgan fingerprint density at radius 2 is 1.89 bits per heavy atom. The lowest BCUT2D eigenvalue weighted by molar-refractivity contribution is -0.137. The van der Waals surface area contributed by atoms with Crippen molar-refractivity contribution in [1.29, 1.82) is 0 Å². The molecule has 0 bridgehead atoms. The van der Waals surface area contributed by atoms with Gasteiger partial charge < -0.3 is 14.7 Å². The second-order valence-electron chi connectivity index (χ2n) is 7.41. The van der Waals surface area contributed by atoms with E-state index in [-0.39, 0.29) is 30.4 Å². The van der Waals surface area contributed by atoms with Crippen LogP contribution >= 0.6 is 0 Å². The van der Waals surface area contributed by atoms with Crippen molar-refractivity contribution in [2.24, 2.45) is 5.92 Å². The molecule has 1 N–H and O–H groups in total. The van der Waals surface area contributed by atoms with E-state index < -0.39 is 0 Å². The molecule has 2 aliphatic heterocycles. The van der Waals surface area contributed by atoms with Gasteiger partial charge in [0.2, 0.25) is 0 Å². The quantitative estimate of drug-likeness (QED) is 0.776. The van der Waals surface area contributed by atoms with E-state index in [9.17, 15) is 14.7 Å². The molecule has 1 atom stereocenters. The number of carbonyl (C=O) groups is 2. The van der Waals surface area contributed by atoms with E-state index in [4.69, 9.17) is 4.74 Å². The van der Waals surface area contributed by atoms with Gasteiger partial charge in [0.1, 0.15) is 11.4 Å². The molecule has 1 aromatic carbocycles. The van der Waals surface area contributed by atoms with Crippen LogP contribution in [0.4, 0.5) is 0 Å². The van der Waals surface area contributed by atoms with Crippen LogP contribution in [0.3, 0.4) is 0 Å². The summed E-state index contributed by atoms with van der Waals surface area (Å²) in [6.45, 7) is 7.49. The number of rotatable bonds is 6. The number of likely N-dealkylation sites (N-methyl/N-ethyl adjacent to an activating group) is 1. The topological polar surface area (TPSA) is 70.1 Å². The van der Waals surface area contributed by atoms with Gasteiger partial charge in [-0.05, 0) is 57.2 Å². The minimum atomic E-state index is -0.249. The van der Waals surface area contributed by atoms with Crippen molar-refractivity contribution in [3.8, 4) is 5.75 Å². The van der Waals surface area contributed by atoms with E-state index in [0.29, 0.717) is 24.4 Å². The van der Waals surface area contributed by atoms with Crippen LogP contribution in [0, 0.1) is 5.92 Å². The van der Waals surface area contributed by atoms with E-state index in [0.717, 1.165) is 30.7 Å². The number of benzene rings is 1. The average molecular weight is 372 g/mol. The van der Waals surface area contributed by atoms with Crippen LogP contribution in [0.15, 0.2) is 30.0 Å². The maximum absolute atomic E-state index is 13.0. The first-order valence-electron chi connectivity index (χ1n) is 9.69. The zero-order valence-electron chi connectivity index (χ0n) is 16.3. The van der Waals surface area contributed by atoms with Gasteiger partial charge in [-0.1, -0.05) is 12.1 Å². The lowest BCUT2D eigenvalue weighted by Crippen LogP contribution is -2.40. The van der Waals surface area contributed by atoms with Crippen LogP contribution in [0.5, 0.6) is 5.75 Å². The molecule has 1 fully saturated rings. The number of carbonyl (C=O) groups excluding carboxylic acids is 2. The van der Waals surface area contributed by atoms with Gasteiger partial charge >= 0.3 is 0 Å². The molecule has 6 nitrogen and oxygen atoms in total. The van der Waals surface area contributed by atoms with Crippen molar-refractivity contribution < 1.29 is 19.4 Å². The molecule has 0 aromatic heterocycles. The number of ether oxygens (including phenoxy) is 1. The van der Waals surface area contributed by atoms with Gasteiger partial charge in [-0.25, -0.2) is 0 Å². The summed E-state index contributed by atoms with van der Waals surface area (Å²) in [6.07, 6.45) is 1.91. The van der Waals surface area contributed by atoms with Crippen molar-refractivity contribution >= 4 is 17.4 Å². The van der Waals surface area contributed by atoms with Crippen molar-refractivity contribution in [1.82, 2.24) is 9.80 Å². The number of piperidine rings is 1. The predicted molar refractivity (Wildman–Crippen MR) is 103 cm³/mol. The summed E-state index contributed by atoms with van der Waals surface area (Å²) in [5.74, 6) is 0.381. The fraction of sp³-hybridized carbons (Fsp3) is 0.524. The zero-order chi connectivity index (χ0) is 19.6. The highest BCUT2D eigenvalue weighted by molar-refractivity contribution is 6.35. The van der Waals surface area contributed by atoms with E-state index >= 15 is 0 Å². The predicted octanol–water partition coefficient (Wildman–Crippen LogP) is 2.28. The van der Waals surface area contributed by atoms with Crippen molar-refractivity contribution in [3.63, 3.8) is 0 Å². The van der Waals surface area contributed by atoms with Gasteiger partial charge in [0.15, 0.2) is 0 Å². The van der Waals surface area contributed by atoms with E-state index in [1.165, 1.54) is 4.90 Å². The first-order valence-corrected chi connectivity index (χ1v) is 9.69. The normalized spacial score (nSPS) is 20.9. The molecule has 6 heteroatoms. The SMILES string of the molecule is CCN1C(=O)C(c2ccc(OC(C)C)cc2)=C(N2CCCC(CO)C2)C1=O. The standard InChI is InChI=1S/C21H28N2O4/c1-4-23-20(25)18(16-7-9-17(10-8-16)27-14(2)3)19(21(23)26)22-11-5-6-15(12-22)13-24/h7-10,14-15,24H,4-6,11-13H2,1-3H3. The zero-order valence-corrected chi connectivity index (χ0v) is 16.3. The smallest absolute Gasteiger partial charge is 0.277 e. The molecule has 1 saturated heterocycles. The number of hydrogen-bond donors (Lipinski definition) is 1. The Morgan fingerprint density at radius 3 is 2.48 bits per heavy atom. The Balaban J connectivity index is 1.99. The fourth-order valence-corrected chi connectivity index (χ4v) is 3.79. The van der Waals surface area contributed by atoms with Crippen LogP contribution in [-0.2, 0) is 9.59 Å². The summed E-state index contributed by atoms with van der Waals surface area (Å²) >= 11 is 0. The van der Waals surface area contributed by atoms with Gasteiger partial charge in [0.05, 0.1) is 11.7 Å². The molecule has 0 radical (unpaired) electrons. The van der Waals surface area contributed by atoms with Crippen molar-refractivity contribution in [2.75, 3.05) is 26.2 Å². The summed E-state index contributed by atoms with van der Waals surface area (Å²) < 4.78 is 5.68. The summed E-state index contributed by atoms with van der Waals surface area (Å²) in [5, 5.41) is 9.53. The highest BCUT2D eigenvalue weighted by atomic mass is 16.5. The Bertz CT molecular complexity index is 739. The van der Waals surface area contributed by atoms with E-state index in [1.807, 2.05) is 49.9 Å². The molecule has 27 heavy (non-hydrogen) atoms. The summed E-state index contributed by atoms with van der Waals surface area (Å²) in [5.41, 5.74) is 1.65. The Hall–Kier alpha value is -2.34. The van der Waals surface area contributed by atoms with Crippen LogP contribution in [0.2, 0.25) is 0 Å². The Kier molecular flexibility index (Phi) is 5.85. The van der Waals surface area contributed by atoms with E-state index in [2.05, 4.69) is 0 Å². The summed E-state index contributed by atoms with van der Waals surface area (Å²) in [4.78, 5) is 29.2. The summed E-state index contributed by atoms with van der Waals surface area (Å²) in [7, 11) is 0. The number of likely N-dealkylation sites (tertiary alicyclic amines) is 1. The molecule has 0 aliphatic carbocycles. The van der Waals surface area contributed by atoms with Crippen LogP contribution in [-0.4, -0.2) is 59.1 Å². The maximum atomic E-state index is 13.0. The number of amides is 2. The van der Waals surface area contributed by atoms with Crippen LogP contribution in [0.1, 0.15) is 39.2 Å². The van der Waals surface area contributed by atoms with Crippen LogP contribution < -0.4 is 4.74 Å². The monoisotopic (exact) mass is 372 g/mol. The van der Waals surface area contributed by atoms with Gasteiger partial charge in [0, 0.05) is 26.2 Å². The van der Waals surface area contributed by atoms with Gasteiger partial charge in [0.25, 0.3) is 11.8 Å². The third-order valence-electron chi connectivity index (χ3n) is 5.07. The highest BCUT2D eigenvalue weighted by Gasteiger charge is 2.41. The largest absolute Gasteiger partial charge is 0.491 e. The molecule has 1 aromatic rings. The lowest BCUT2D eigenvalue weighted by Gasteiger charge is -2.34.